The topological polar surface area (TPSA) is 92.7 Å². The van der Waals surface area contributed by atoms with Crippen LogP contribution in [0.2, 0.25) is 0 Å². The van der Waals surface area contributed by atoms with Crippen LogP contribution < -0.4 is 0 Å². The van der Waals surface area contributed by atoms with E-state index in [0.29, 0.717) is 6.61 Å². The summed E-state index contributed by atoms with van der Waals surface area (Å²) in [6.45, 7) is 6.76. The van der Waals surface area contributed by atoms with Gasteiger partial charge < -0.3 is 33.5 Å². The summed E-state index contributed by atoms with van der Waals surface area (Å²) in [5.74, 6) is -0.402. The molecule has 2 aromatic rings. The average molecular weight is 585 g/mol. The van der Waals surface area contributed by atoms with Gasteiger partial charge in [0.05, 0.1) is 31.8 Å². The molecule has 0 bridgehead atoms. The summed E-state index contributed by atoms with van der Waals surface area (Å²) in [4.78, 5) is 13.2. The number of esters is 1. The molecule has 1 fully saturated rings. The molecule has 0 aromatic heterocycles. The minimum absolute atomic E-state index is 0.263. The highest BCUT2D eigenvalue weighted by molar-refractivity contribution is 5.75. The highest BCUT2D eigenvalue weighted by Crippen LogP contribution is 2.32. The number of methoxy groups -OCH3 is 1. The standard InChI is InChI=1S/C34H48O8/c1-34(2,3)33(36)42-31-30(40-25-27-19-13-10-14-20-27)29(39-24-26-17-11-9-12-18-26)28(23-35)41-32(31)38-22-16-8-6-5-7-15-21-37-4/h5-6,9-14,17-20,28-32,35H,7-8,15-16,21-25H2,1-4H3/b6-5-/t28?,29-,30?,31-,32?/m0/s1. The maximum absolute atomic E-state index is 13.2. The van der Waals surface area contributed by atoms with E-state index >= 15 is 0 Å². The van der Waals surface area contributed by atoms with Crippen molar-refractivity contribution < 1.29 is 38.3 Å². The Morgan fingerprint density at radius 3 is 1.88 bits per heavy atom. The van der Waals surface area contributed by atoms with Crippen molar-refractivity contribution in [2.75, 3.05) is 26.9 Å². The number of carbonyl (C=O) groups excluding carboxylic acids is 1. The molecule has 2 aromatic carbocycles. The van der Waals surface area contributed by atoms with Gasteiger partial charge in [-0.1, -0.05) is 72.8 Å². The van der Waals surface area contributed by atoms with Gasteiger partial charge in [-0.3, -0.25) is 4.79 Å². The first-order valence-corrected chi connectivity index (χ1v) is 14.9. The van der Waals surface area contributed by atoms with E-state index in [-0.39, 0.29) is 19.8 Å². The number of unbranched alkanes of at least 4 members (excludes halogenated alkanes) is 2. The molecule has 1 heterocycles. The average Bonchev–Trinajstić information content (AvgIpc) is 2.99. The summed E-state index contributed by atoms with van der Waals surface area (Å²) in [6, 6.07) is 19.5. The molecule has 3 unspecified atom stereocenters. The Morgan fingerprint density at radius 1 is 0.810 bits per heavy atom. The number of hydrogen-bond donors (Lipinski definition) is 1. The first-order chi connectivity index (χ1) is 20.3. The fourth-order valence-corrected chi connectivity index (χ4v) is 4.49. The van der Waals surface area contributed by atoms with Crippen LogP contribution in [0, 0.1) is 5.41 Å². The Labute approximate surface area is 250 Å². The summed E-state index contributed by atoms with van der Waals surface area (Å²) < 4.78 is 36.4. The minimum atomic E-state index is -0.934. The van der Waals surface area contributed by atoms with Gasteiger partial charge in [-0.15, -0.1) is 0 Å². The first kappa shape index (κ1) is 33.9. The van der Waals surface area contributed by atoms with Gasteiger partial charge in [0.15, 0.2) is 12.4 Å². The van der Waals surface area contributed by atoms with Gasteiger partial charge in [0, 0.05) is 13.7 Å². The summed E-state index contributed by atoms with van der Waals surface area (Å²) in [5, 5.41) is 10.4. The minimum Gasteiger partial charge on any atom is -0.454 e. The Bertz CT molecular complexity index is 1040. The van der Waals surface area contributed by atoms with Gasteiger partial charge in [0.2, 0.25) is 0 Å². The third-order valence-electron chi connectivity index (χ3n) is 6.88. The quantitative estimate of drug-likeness (QED) is 0.146. The van der Waals surface area contributed by atoms with Gasteiger partial charge in [-0.05, 0) is 57.6 Å². The maximum Gasteiger partial charge on any atom is 0.311 e. The Balaban J connectivity index is 1.79. The smallest absolute Gasteiger partial charge is 0.311 e. The molecule has 42 heavy (non-hydrogen) atoms. The third-order valence-corrected chi connectivity index (χ3v) is 6.88. The summed E-state index contributed by atoms with van der Waals surface area (Å²) >= 11 is 0. The molecule has 1 aliphatic heterocycles. The molecule has 1 N–H and O–H groups in total. The van der Waals surface area contributed by atoms with Crippen LogP contribution in [0.1, 0.15) is 57.6 Å². The molecule has 0 spiro atoms. The van der Waals surface area contributed by atoms with Crippen molar-refractivity contribution in [2.45, 2.75) is 90.4 Å². The van der Waals surface area contributed by atoms with E-state index in [4.69, 9.17) is 28.4 Å². The van der Waals surface area contributed by atoms with E-state index in [1.54, 1.807) is 27.9 Å². The van der Waals surface area contributed by atoms with Crippen LogP contribution in [0.4, 0.5) is 0 Å². The van der Waals surface area contributed by atoms with Crippen molar-refractivity contribution in [3.05, 3.63) is 83.9 Å². The maximum atomic E-state index is 13.2. The lowest BCUT2D eigenvalue weighted by Crippen LogP contribution is -2.62. The first-order valence-electron chi connectivity index (χ1n) is 14.9. The number of rotatable bonds is 17. The second-order valence-corrected chi connectivity index (χ2v) is 11.5. The number of carbonyl (C=O) groups is 1. The summed E-state index contributed by atoms with van der Waals surface area (Å²) in [6.07, 6.45) is 3.77. The molecule has 0 amide bonds. The van der Waals surface area contributed by atoms with E-state index in [1.165, 1.54) is 0 Å². The Hall–Kier alpha value is -2.59. The predicted octanol–water partition coefficient (Wildman–Crippen LogP) is 5.61. The fraction of sp³-hybridized carbons (Fsp3) is 0.559. The Morgan fingerprint density at radius 2 is 1.36 bits per heavy atom. The monoisotopic (exact) mass is 584 g/mol. The van der Waals surface area contributed by atoms with Crippen molar-refractivity contribution in [3.8, 4) is 0 Å². The SMILES string of the molecule is COCCC/C=C\CCCOC1OC(CO)[C@H](OCc2ccccc2)C(OCc2ccccc2)[C@@H]1OC(=O)C(C)(C)C. The van der Waals surface area contributed by atoms with Crippen LogP contribution in [-0.4, -0.2) is 68.7 Å². The zero-order valence-electron chi connectivity index (χ0n) is 25.5. The van der Waals surface area contributed by atoms with Crippen LogP contribution in [0.5, 0.6) is 0 Å². The van der Waals surface area contributed by atoms with Crippen molar-refractivity contribution in [1.29, 1.82) is 0 Å². The second kappa shape index (κ2) is 18.2. The van der Waals surface area contributed by atoms with Gasteiger partial charge in [-0.2, -0.15) is 0 Å². The number of allylic oxidation sites excluding steroid dienone is 2. The number of benzene rings is 2. The molecule has 232 valence electrons. The van der Waals surface area contributed by atoms with Crippen LogP contribution in [0.3, 0.4) is 0 Å². The number of hydrogen-bond acceptors (Lipinski definition) is 8. The summed E-state index contributed by atoms with van der Waals surface area (Å²) in [5.41, 5.74) is 1.17. The molecule has 5 atom stereocenters. The van der Waals surface area contributed by atoms with Crippen molar-refractivity contribution >= 4 is 5.97 Å². The fourth-order valence-electron chi connectivity index (χ4n) is 4.49. The normalized spacial score (nSPS) is 22.8. The van der Waals surface area contributed by atoms with Crippen LogP contribution in [0.25, 0.3) is 0 Å². The lowest BCUT2D eigenvalue weighted by Gasteiger charge is -2.45. The molecule has 8 heteroatoms. The van der Waals surface area contributed by atoms with Gasteiger partial charge >= 0.3 is 5.97 Å². The molecule has 0 aliphatic carbocycles. The van der Waals surface area contributed by atoms with Crippen molar-refractivity contribution in [2.24, 2.45) is 5.41 Å². The largest absolute Gasteiger partial charge is 0.454 e. The molecule has 0 radical (unpaired) electrons. The third kappa shape index (κ3) is 11.2. The lowest BCUT2D eigenvalue weighted by atomic mass is 9.95. The van der Waals surface area contributed by atoms with Crippen LogP contribution in [0.15, 0.2) is 72.8 Å². The highest BCUT2D eigenvalue weighted by Gasteiger charge is 2.50. The van der Waals surface area contributed by atoms with E-state index in [0.717, 1.165) is 43.4 Å². The molecule has 1 aliphatic rings. The lowest BCUT2D eigenvalue weighted by molar-refractivity contribution is -0.320. The summed E-state index contributed by atoms with van der Waals surface area (Å²) in [7, 11) is 1.71. The van der Waals surface area contributed by atoms with Crippen molar-refractivity contribution in [3.63, 3.8) is 0 Å². The number of aliphatic hydroxyl groups excluding tert-OH is 1. The number of aliphatic hydroxyl groups is 1. The van der Waals surface area contributed by atoms with Crippen LogP contribution in [-0.2, 0) is 46.4 Å². The van der Waals surface area contributed by atoms with Crippen LogP contribution >= 0.6 is 0 Å². The number of ether oxygens (including phenoxy) is 6. The van der Waals surface area contributed by atoms with E-state index in [2.05, 4.69) is 12.2 Å². The van der Waals surface area contributed by atoms with E-state index < -0.39 is 42.1 Å². The molecular weight excluding hydrogens is 536 g/mol. The van der Waals surface area contributed by atoms with E-state index in [1.807, 2.05) is 60.7 Å². The van der Waals surface area contributed by atoms with E-state index in [9.17, 15) is 9.90 Å². The molecule has 3 rings (SSSR count). The molecule has 1 saturated heterocycles. The highest BCUT2D eigenvalue weighted by atomic mass is 16.7. The second-order valence-electron chi connectivity index (χ2n) is 11.5. The van der Waals surface area contributed by atoms with Gasteiger partial charge in [-0.25, -0.2) is 0 Å². The predicted molar refractivity (Wildman–Crippen MR) is 161 cm³/mol. The zero-order valence-corrected chi connectivity index (χ0v) is 25.5. The van der Waals surface area contributed by atoms with Crippen molar-refractivity contribution in [1.82, 2.24) is 0 Å². The molecule has 0 saturated carbocycles. The van der Waals surface area contributed by atoms with Gasteiger partial charge in [0.25, 0.3) is 0 Å². The Kier molecular flexibility index (Phi) is 14.7. The molecule has 8 nitrogen and oxygen atoms in total. The molecular formula is C34H48O8. The van der Waals surface area contributed by atoms with Gasteiger partial charge in [0.1, 0.15) is 18.3 Å². The zero-order chi connectivity index (χ0) is 30.2.